The monoisotopic (exact) mass is 651 g/mol. The van der Waals surface area contributed by atoms with E-state index in [4.69, 9.17) is 19.4 Å². The molecule has 0 fully saturated rings. The Morgan fingerprint density at radius 3 is 1.75 bits per heavy atom. The first-order chi connectivity index (χ1) is 25.2. The standard InChI is InChI=1S/C47H29N3O/c1-2-10-30(11-3-1)32-20-22-33(23-21-32)36-26-27-42-41(29-36)44-40(18-9-19-43(44)51-42)47-49-45(37-25-24-31-12-4-5-14-35(31)28-37)48-46(50-47)39-17-8-15-34-13-6-7-16-38(34)39/h1-29H. The second-order valence-corrected chi connectivity index (χ2v) is 12.8. The van der Waals surface area contributed by atoms with Crippen molar-refractivity contribution in [3.05, 3.63) is 176 Å². The zero-order valence-corrected chi connectivity index (χ0v) is 27.5. The van der Waals surface area contributed by atoms with Crippen molar-refractivity contribution in [3.63, 3.8) is 0 Å². The summed E-state index contributed by atoms with van der Waals surface area (Å²) in [4.78, 5) is 15.5. The molecule has 0 unspecified atom stereocenters. The summed E-state index contributed by atoms with van der Waals surface area (Å²) < 4.78 is 6.45. The first kappa shape index (κ1) is 29.0. The minimum atomic E-state index is 0.599. The highest BCUT2D eigenvalue weighted by molar-refractivity contribution is 6.13. The van der Waals surface area contributed by atoms with Crippen molar-refractivity contribution in [1.29, 1.82) is 0 Å². The molecule has 0 radical (unpaired) electrons. The lowest BCUT2D eigenvalue weighted by molar-refractivity contribution is 0.669. The van der Waals surface area contributed by atoms with Gasteiger partial charge in [0.15, 0.2) is 17.5 Å². The summed E-state index contributed by atoms with van der Waals surface area (Å²) in [5, 5.41) is 6.54. The smallest absolute Gasteiger partial charge is 0.164 e. The molecule has 0 saturated carbocycles. The van der Waals surface area contributed by atoms with E-state index in [1.165, 1.54) is 16.5 Å². The van der Waals surface area contributed by atoms with Crippen LogP contribution >= 0.6 is 0 Å². The van der Waals surface area contributed by atoms with E-state index >= 15 is 0 Å². The van der Waals surface area contributed by atoms with Gasteiger partial charge in [-0.05, 0) is 68.1 Å². The molecular weight excluding hydrogens is 623 g/mol. The van der Waals surface area contributed by atoms with Gasteiger partial charge < -0.3 is 4.42 Å². The Bertz CT molecular complexity index is 2900. The van der Waals surface area contributed by atoms with Crippen LogP contribution in [0.1, 0.15) is 0 Å². The van der Waals surface area contributed by atoms with E-state index in [2.05, 4.69) is 158 Å². The van der Waals surface area contributed by atoms with Gasteiger partial charge in [0.25, 0.3) is 0 Å². The fraction of sp³-hybridized carbons (Fsp3) is 0. The quantitative estimate of drug-likeness (QED) is 0.186. The number of hydrogen-bond acceptors (Lipinski definition) is 4. The molecule has 51 heavy (non-hydrogen) atoms. The Hall–Kier alpha value is -6.91. The van der Waals surface area contributed by atoms with Gasteiger partial charge >= 0.3 is 0 Å². The predicted octanol–water partition coefficient (Wildman–Crippen LogP) is 12.4. The molecule has 0 aliphatic carbocycles. The van der Waals surface area contributed by atoms with Crippen molar-refractivity contribution in [2.75, 3.05) is 0 Å². The van der Waals surface area contributed by atoms with Crippen molar-refractivity contribution < 1.29 is 4.42 Å². The minimum absolute atomic E-state index is 0.599. The third-order valence-corrected chi connectivity index (χ3v) is 9.73. The lowest BCUT2D eigenvalue weighted by Gasteiger charge is -2.11. The van der Waals surface area contributed by atoms with Gasteiger partial charge in [0.05, 0.1) is 0 Å². The molecule has 0 aliphatic heterocycles. The van der Waals surface area contributed by atoms with Gasteiger partial charge in [0.2, 0.25) is 0 Å². The molecule has 0 N–H and O–H groups in total. The Balaban J connectivity index is 1.17. The topological polar surface area (TPSA) is 51.8 Å². The Labute approximate surface area is 294 Å². The summed E-state index contributed by atoms with van der Waals surface area (Å²) in [7, 11) is 0. The Morgan fingerprint density at radius 2 is 0.902 bits per heavy atom. The van der Waals surface area contributed by atoms with E-state index in [1.807, 2.05) is 18.2 Å². The van der Waals surface area contributed by atoms with Crippen molar-refractivity contribution in [3.8, 4) is 56.4 Å². The first-order valence-corrected chi connectivity index (χ1v) is 17.1. The van der Waals surface area contributed by atoms with Crippen LogP contribution in [-0.4, -0.2) is 15.0 Å². The number of furan rings is 1. The van der Waals surface area contributed by atoms with E-state index in [1.54, 1.807) is 0 Å². The summed E-state index contributed by atoms with van der Waals surface area (Å²) in [5.74, 6) is 1.85. The van der Waals surface area contributed by atoms with Crippen LogP contribution in [0, 0.1) is 0 Å². The van der Waals surface area contributed by atoms with E-state index in [0.29, 0.717) is 17.5 Å². The van der Waals surface area contributed by atoms with Crippen LogP contribution < -0.4 is 0 Å². The summed E-state index contributed by atoms with van der Waals surface area (Å²) in [6.07, 6.45) is 0. The predicted molar refractivity (Wildman–Crippen MR) is 209 cm³/mol. The molecule has 0 spiro atoms. The first-order valence-electron chi connectivity index (χ1n) is 17.1. The number of benzene rings is 8. The summed E-state index contributed by atoms with van der Waals surface area (Å²) in [6.45, 7) is 0. The number of nitrogens with zero attached hydrogens (tertiary/aromatic N) is 3. The number of aromatic nitrogens is 3. The molecule has 2 aromatic heterocycles. The van der Waals surface area contributed by atoms with Crippen LogP contribution in [0.4, 0.5) is 0 Å². The van der Waals surface area contributed by atoms with Gasteiger partial charge in [-0.2, -0.15) is 0 Å². The van der Waals surface area contributed by atoms with Gasteiger partial charge in [-0.1, -0.05) is 152 Å². The molecule has 10 aromatic rings. The maximum absolute atomic E-state index is 6.45. The van der Waals surface area contributed by atoms with Crippen LogP contribution in [0.5, 0.6) is 0 Å². The molecule has 0 aliphatic rings. The average molecular weight is 652 g/mol. The third-order valence-electron chi connectivity index (χ3n) is 9.73. The Morgan fingerprint density at radius 1 is 0.314 bits per heavy atom. The maximum Gasteiger partial charge on any atom is 0.164 e. The van der Waals surface area contributed by atoms with Crippen molar-refractivity contribution in [2.24, 2.45) is 0 Å². The van der Waals surface area contributed by atoms with E-state index in [-0.39, 0.29) is 0 Å². The van der Waals surface area contributed by atoms with Gasteiger partial charge in [0, 0.05) is 27.5 Å². The van der Waals surface area contributed by atoms with Crippen LogP contribution in [0.2, 0.25) is 0 Å². The minimum Gasteiger partial charge on any atom is -0.456 e. The maximum atomic E-state index is 6.45. The van der Waals surface area contributed by atoms with E-state index < -0.39 is 0 Å². The van der Waals surface area contributed by atoms with Crippen LogP contribution in [0.3, 0.4) is 0 Å². The third kappa shape index (κ3) is 5.13. The molecule has 0 bridgehead atoms. The van der Waals surface area contributed by atoms with Crippen molar-refractivity contribution >= 4 is 43.5 Å². The average Bonchev–Trinajstić information content (AvgIpc) is 3.59. The largest absolute Gasteiger partial charge is 0.456 e. The van der Waals surface area contributed by atoms with Crippen LogP contribution in [-0.2, 0) is 0 Å². The summed E-state index contributed by atoms with van der Waals surface area (Å²) in [6, 6.07) is 61.1. The van der Waals surface area contributed by atoms with E-state index in [0.717, 1.165) is 65.9 Å². The highest BCUT2D eigenvalue weighted by Crippen LogP contribution is 2.39. The lowest BCUT2D eigenvalue weighted by atomic mass is 9.98. The fourth-order valence-electron chi connectivity index (χ4n) is 7.17. The molecule has 2 heterocycles. The van der Waals surface area contributed by atoms with Gasteiger partial charge in [-0.25, -0.2) is 15.0 Å². The number of rotatable bonds is 5. The molecule has 4 nitrogen and oxygen atoms in total. The molecule has 4 heteroatoms. The SMILES string of the molecule is c1ccc(-c2ccc(-c3ccc4oc5cccc(-c6nc(-c7ccc8ccccc8c7)nc(-c7cccc8ccccc78)n6)c5c4c3)cc2)cc1. The van der Waals surface area contributed by atoms with Gasteiger partial charge in [-0.3, -0.25) is 0 Å². The fourth-order valence-corrected chi connectivity index (χ4v) is 7.17. The highest BCUT2D eigenvalue weighted by atomic mass is 16.3. The molecule has 0 saturated heterocycles. The van der Waals surface area contributed by atoms with E-state index in [9.17, 15) is 0 Å². The molecule has 0 atom stereocenters. The van der Waals surface area contributed by atoms with Crippen LogP contribution in [0.15, 0.2) is 180 Å². The molecular formula is C47H29N3O. The van der Waals surface area contributed by atoms with Gasteiger partial charge in [-0.15, -0.1) is 0 Å². The second-order valence-electron chi connectivity index (χ2n) is 12.8. The van der Waals surface area contributed by atoms with Crippen molar-refractivity contribution in [2.45, 2.75) is 0 Å². The zero-order chi connectivity index (χ0) is 33.7. The number of fused-ring (bicyclic) bond motifs is 5. The molecule has 10 rings (SSSR count). The zero-order valence-electron chi connectivity index (χ0n) is 27.5. The Kier molecular flexibility index (Phi) is 6.78. The summed E-state index contributed by atoms with van der Waals surface area (Å²) in [5.41, 5.74) is 9.05. The number of hydrogen-bond donors (Lipinski definition) is 0. The highest BCUT2D eigenvalue weighted by Gasteiger charge is 2.19. The molecule has 238 valence electrons. The van der Waals surface area contributed by atoms with Crippen molar-refractivity contribution in [1.82, 2.24) is 15.0 Å². The van der Waals surface area contributed by atoms with Gasteiger partial charge in [0.1, 0.15) is 11.2 Å². The summed E-state index contributed by atoms with van der Waals surface area (Å²) >= 11 is 0. The molecule has 8 aromatic carbocycles. The molecule has 0 amide bonds. The van der Waals surface area contributed by atoms with Crippen LogP contribution in [0.25, 0.3) is 99.9 Å². The second kappa shape index (κ2) is 11.9. The lowest BCUT2D eigenvalue weighted by Crippen LogP contribution is -2.01. The normalized spacial score (nSPS) is 11.5.